The van der Waals surface area contributed by atoms with E-state index in [1.807, 2.05) is 0 Å². The summed E-state index contributed by atoms with van der Waals surface area (Å²) in [4.78, 5) is 4.11. The molecule has 0 spiro atoms. The maximum absolute atomic E-state index is 12.8. The van der Waals surface area contributed by atoms with E-state index in [0.717, 1.165) is 18.5 Å². The number of pyridine rings is 1. The lowest BCUT2D eigenvalue weighted by molar-refractivity contribution is 0.413. The maximum Gasteiger partial charge on any atom is 0.141 e. The number of hydrogen-bond donors (Lipinski definition) is 1. The molecule has 0 amide bonds. The van der Waals surface area contributed by atoms with Crippen molar-refractivity contribution in [3.05, 3.63) is 29.8 Å². The number of nitrogens with zero attached hydrogens (tertiary/aromatic N) is 1. The minimum absolute atomic E-state index is 0.133. The van der Waals surface area contributed by atoms with Crippen molar-refractivity contribution >= 4 is 0 Å². The molecular formula is C14H19FN2. The molecule has 0 saturated carbocycles. The normalized spacial score (nSPS) is 14.0. The highest BCUT2D eigenvalue weighted by atomic mass is 19.1. The van der Waals surface area contributed by atoms with Crippen LogP contribution in [-0.4, -0.2) is 11.0 Å². The van der Waals surface area contributed by atoms with Crippen molar-refractivity contribution in [3.8, 4) is 12.3 Å². The molecule has 1 rings (SSSR count). The van der Waals surface area contributed by atoms with Gasteiger partial charge in [0.25, 0.3) is 0 Å². The van der Waals surface area contributed by atoms with Gasteiger partial charge in [-0.1, -0.05) is 13.8 Å². The van der Waals surface area contributed by atoms with Gasteiger partial charge in [-0.15, -0.1) is 12.3 Å². The van der Waals surface area contributed by atoms with E-state index in [1.54, 1.807) is 6.07 Å². The average Bonchev–Trinajstić information content (AvgIpc) is 2.36. The topological polar surface area (TPSA) is 24.9 Å². The van der Waals surface area contributed by atoms with Gasteiger partial charge in [-0.25, -0.2) is 4.39 Å². The number of rotatable bonds is 6. The average molecular weight is 234 g/mol. The van der Waals surface area contributed by atoms with Crippen LogP contribution >= 0.6 is 0 Å². The van der Waals surface area contributed by atoms with Gasteiger partial charge in [-0.3, -0.25) is 4.98 Å². The van der Waals surface area contributed by atoms with Gasteiger partial charge in [0, 0.05) is 18.5 Å². The zero-order valence-corrected chi connectivity index (χ0v) is 10.4. The second-order valence-corrected chi connectivity index (χ2v) is 4.04. The number of hydrogen-bond acceptors (Lipinski definition) is 2. The van der Waals surface area contributed by atoms with Crippen LogP contribution in [0.4, 0.5) is 4.39 Å². The Hall–Kier alpha value is -1.40. The number of nitrogens with one attached hydrogen (secondary N) is 1. The Morgan fingerprint density at radius 3 is 2.65 bits per heavy atom. The first-order chi connectivity index (χ1) is 8.21. The van der Waals surface area contributed by atoms with Crippen LogP contribution in [-0.2, 0) is 0 Å². The van der Waals surface area contributed by atoms with Crippen molar-refractivity contribution in [2.24, 2.45) is 0 Å². The summed E-state index contributed by atoms with van der Waals surface area (Å²) < 4.78 is 12.8. The standard InChI is InChI=1S/C14H19FN2/c1-4-7-12(5-2)17-13(6-3)14-9-8-11(15)10-16-14/h1,8-10,12-13,17H,5-7H2,2-3H3. The Morgan fingerprint density at radius 2 is 2.18 bits per heavy atom. The van der Waals surface area contributed by atoms with Gasteiger partial charge in [0.05, 0.1) is 11.9 Å². The number of halogens is 1. The van der Waals surface area contributed by atoms with Gasteiger partial charge in [-0.05, 0) is 25.0 Å². The third-order valence-electron chi connectivity index (χ3n) is 2.81. The van der Waals surface area contributed by atoms with Gasteiger partial charge in [0.15, 0.2) is 0 Å². The first kappa shape index (κ1) is 13.7. The summed E-state index contributed by atoms with van der Waals surface area (Å²) in [5, 5.41) is 3.46. The van der Waals surface area contributed by atoms with E-state index in [-0.39, 0.29) is 17.9 Å². The van der Waals surface area contributed by atoms with Crippen molar-refractivity contribution in [3.63, 3.8) is 0 Å². The summed E-state index contributed by atoms with van der Waals surface area (Å²) in [5.41, 5.74) is 0.865. The molecule has 1 aromatic rings. The Bertz CT molecular complexity index is 367. The van der Waals surface area contributed by atoms with Crippen LogP contribution in [0.15, 0.2) is 18.3 Å². The molecule has 0 fully saturated rings. The van der Waals surface area contributed by atoms with Gasteiger partial charge in [0.1, 0.15) is 5.82 Å². The Kier molecular flexibility index (Phi) is 5.65. The van der Waals surface area contributed by atoms with E-state index in [9.17, 15) is 4.39 Å². The summed E-state index contributed by atoms with van der Waals surface area (Å²) in [6.07, 6.45) is 9.16. The SMILES string of the molecule is C#CCC(CC)NC(CC)c1ccc(F)cn1. The minimum atomic E-state index is -0.306. The van der Waals surface area contributed by atoms with E-state index in [4.69, 9.17) is 6.42 Å². The Balaban J connectivity index is 2.71. The van der Waals surface area contributed by atoms with Crippen LogP contribution in [0.2, 0.25) is 0 Å². The highest BCUT2D eigenvalue weighted by Gasteiger charge is 2.14. The fourth-order valence-electron chi connectivity index (χ4n) is 1.75. The molecule has 0 aliphatic rings. The van der Waals surface area contributed by atoms with Crippen LogP contribution < -0.4 is 5.32 Å². The molecule has 3 heteroatoms. The third kappa shape index (κ3) is 4.16. The molecule has 2 unspecified atom stereocenters. The summed E-state index contributed by atoms with van der Waals surface area (Å²) in [5.74, 6) is 2.36. The monoisotopic (exact) mass is 234 g/mol. The first-order valence-corrected chi connectivity index (χ1v) is 6.02. The molecule has 1 aromatic heterocycles. The van der Waals surface area contributed by atoms with E-state index in [0.29, 0.717) is 6.42 Å². The lowest BCUT2D eigenvalue weighted by atomic mass is 10.1. The summed E-state index contributed by atoms with van der Waals surface area (Å²) in [7, 11) is 0. The highest BCUT2D eigenvalue weighted by molar-refractivity contribution is 5.10. The zero-order valence-electron chi connectivity index (χ0n) is 10.4. The molecule has 1 N–H and O–H groups in total. The van der Waals surface area contributed by atoms with Crippen molar-refractivity contribution in [1.82, 2.24) is 10.3 Å². The van der Waals surface area contributed by atoms with Crippen molar-refractivity contribution in [1.29, 1.82) is 0 Å². The molecule has 92 valence electrons. The second kappa shape index (κ2) is 7.03. The van der Waals surface area contributed by atoms with Crippen LogP contribution in [0.5, 0.6) is 0 Å². The van der Waals surface area contributed by atoms with Crippen LogP contribution in [0.1, 0.15) is 44.8 Å². The quantitative estimate of drug-likeness (QED) is 0.765. The highest BCUT2D eigenvalue weighted by Crippen LogP contribution is 2.16. The van der Waals surface area contributed by atoms with Gasteiger partial charge < -0.3 is 5.32 Å². The van der Waals surface area contributed by atoms with Crippen molar-refractivity contribution in [2.45, 2.75) is 45.2 Å². The first-order valence-electron chi connectivity index (χ1n) is 6.02. The van der Waals surface area contributed by atoms with E-state index < -0.39 is 0 Å². The molecular weight excluding hydrogens is 215 g/mol. The van der Waals surface area contributed by atoms with Crippen LogP contribution in [0.25, 0.3) is 0 Å². The summed E-state index contributed by atoms with van der Waals surface area (Å²) in [6.45, 7) is 4.17. The maximum atomic E-state index is 12.8. The molecule has 1 heterocycles. The van der Waals surface area contributed by atoms with Crippen molar-refractivity contribution in [2.75, 3.05) is 0 Å². The molecule has 0 radical (unpaired) electrons. The zero-order chi connectivity index (χ0) is 12.7. The molecule has 17 heavy (non-hydrogen) atoms. The molecule has 2 atom stereocenters. The number of aromatic nitrogens is 1. The van der Waals surface area contributed by atoms with E-state index in [2.05, 4.69) is 30.1 Å². The van der Waals surface area contributed by atoms with E-state index >= 15 is 0 Å². The summed E-state index contributed by atoms with van der Waals surface area (Å²) in [6, 6.07) is 3.58. The molecule has 0 aliphatic heterocycles. The van der Waals surface area contributed by atoms with Crippen LogP contribution in [0.3, 0.4) is 0 Å². The largest absolute Gasteiger partial charge is 0.305 e. The second-order valence-electron chi connectivity index (χ2n) is 4.04. The lowest BCUT2D eigenvalue weighted by Crippen LogP contribution is -2.32. The minimum Gasteiger partial charge on any atom is -0.305 e. The van der Waals surface area contributed by atoms with Gasteiger partial charge in [0.2, 0.25) is 0 Å². The van der Waals surface area contributed by atoms with Gasteiger partial charge >= 0.3 is 0 Å². The fourth-order valence-corrected chi connectivity index (χ4v) is 1.75. The van der Waals surface area contributed by atoms with Crippen LogP contribution in [0, 0.1) is 18.2 Å². The molecule has 0 saturated heterocycles. The molecule has 2 nitrogen and oxygen atoms in total. The summed E-state index contributed by atoms with van der Waals surface area (Å²) >= 11 is 0. The van der Waals surface area contributed by atoms with Crippen molar-refractivity contribution < 1.29 is 4.39 Å². The molecule has 0 aliphatic carbocycles. The lowest BCUT2D eigenvalue weighted by Gasteiger charge is -2.22. The molecule has 0 aromatic carbocycles. The predicted octanol–water partition coefficient (Wildman–Crippen LogP) is 3.06. The Morgan fingerprint density at radius 1 is 1.41 bits per heavy atom. The van der Waals surface area contributed by atoms with E-state index in [1.165, 1.54) is 12.3 Å². The molecule has 0 bridgehead atoms. The smallest absolute Gasteiger partial charge is 0.141 e. The predicted molar refractivity (Wildman–Crippen MR) is 67.9 cm³/mol. The fraction of sp³-hybridized carbons (Fsp3) is 0.500. The number of terminal acetylenes is 1. The third-order valence-corrected chi connectivity index (χ3v) is 2.81. The van der Waals surface area contributed by atoms with Gasteiger partial charge in [-0.2, -0.15) is 0 Å². The Labute approximate surface area is 103 Å².